The van der Waals surface area contributed by atoms with Crippen molar-refractivity contribution in [3.63, 3.8) is 0 Å². The fourth-order valence-corrected chi connectivity index (χ4v) is 2.43. The van der Waals surface area contributed by atoms with Crippen molar-refractivity contribution in [1.29, 1.82) is 0 Å². The van der Waals surface area contributed by atoms with Gasteiger partial charge in [-0.25, -0.2) is 4.98 Å². The largest absolute Gasteiger partial charge is 0.314 e. The van der Waals surface area contributed by atoms with E-state index in [1.54, 1.807) is 11.3 Å². The van der Waals surface area contributed by atoms with E-state index in [-0.39, 0.29) is 0 Å². The molecule has 0 atom stereocenters. The Morgan fingerprint density at radius 2 is 2.46 bits per heavy atom. The molecule has 1 heterocycles. The van der Waals surface area contributed by atoms with Gasteiger partial charge >= 0.3 is 0 Å². The molecule has 1 aromatic heterocycles. The Bertz CT molecular complexity index is 239. The minimum Gasteiger partial charge on any atom is -0.314 e. The van der Waals surface area contributed by atoms with E-state index < -0.39 is 0 Å². The molecule has 3 heteroatoms. The van der Waals surface area contributed by atoms with Crippen molar-refractivity contribution in [2.45, 2.75) is 32.2 Å². The molecule has 2 nitrogen and oxygen atoms in total. The zero-order chi connectivity index (χ0) is 9.10. The van der Waals surface area contributed by atoms with Gasteiger partial charge < -0.3 is 5.32 Å². The summed E-state index contributed by atoms with van der Waals surface area (Å²) in [6.07, 6.45) is 3.79. The summed E-state index contributed by atoms with van der Waals surface area (Å²) in [5.41, 5.74) is 3.13. The first-order valence-corrected chi connectivity index (χ1v) is 5.89. The molecule has 2 rings (SSSR count). The van der Waals surface area contributed by atoms with Crippen LogP contribution in [0.2, 0.25) is 0 Å². The first kappa shape index (κ1) is 9.16. The fraction of sp³-hybridized carbons (Fsp3) is 0.700. The summed E-state index contributed by atoms with van der Waals surface area (Å²) < 4.78 is 0. The minimum atomic E-state index is 0.786. The smallest absolute Gasteiger partial charge is 0.0794 e. The molecule has 0 amide bonds. The lowest BCUT2D eigenvalue weighted by Gasteiger charge is -2.33. The first-order chi connectivity index (χ1) is 6.34. The highest BCUT2D eigenvalue weighted by Gasteiger charge is 2.23. The van der Waals surface area contributed by atoms with Crippen LogP contribution in [0.5, 0.6) is 0 Å². The van der Waals surface area contributed by atoms with Gasteiger partial charge in [-0.15, -0.1) is 11.3 Å². The fourth-order valence-electron chi connectivity index (χ4n) is 1.83. The Hall–Kier alpha value is -0.410. The van der Waals surface area contributed by atoms with E-state index in [9.17, 15) is 0 Å². The van der Waals surface area contributed by atoms with Gasteiger partial charge in [0.25, 0.3) is 0 Å². The van der Waals surface area contributed by atoms with Crippen LogP contribution in [0.4, 0.5) is 0 Å². The standard InChI is InChI=1S/C10H16N2S/c1-8-4-10(5-8)11-3-2-9-6-13-7-12-9/h6-8,10-11H,2-5H2,1H3. The molecule has 72 valence electrons. The van der Waals surface area contributed by atoms with Crippen LogP contribution in [0.15, 0.2) is 10.9 Å². The molecule has 1 N–H and O–H groups in total. The van der Waals surface area contributed by atoms with E-state index in [1.165, 1.54) is 18.5 Å². The molecule has 0 spiro atoms. The molecular weight excluding hydrogens is 180 g/mol. The van der Waals surface area contributed by atoms with E-state index in [1.807, 2.05) is 5.51 Å². The van der Waals surface area contributed by atoms with Crippen molar-refractivity contribution in [2.24, 2.45) is 5.92 Å². The number of aromatic nitrogens is 1. The van der Waals surface area contributed by atoms with Crippen LogP contribution in [0.25, 0.3) is 0 Å². The van der Waals surface area contributed by atoms with Gasteiger partial charge in [0.15, 0.2) is 0 Å². The lowest BCUT2D eigenvalue weighted by molar-refractivity contribution is 0.243. The third-order valence-corrected chi connectivity index (χ3v) is 3.31. The third-order valence-electron chi connectivity index (χ3n) is 2.67. The van der Waals surface area contributed by atoms with Crippen LogP contribution in [0.3, 0.4) is 0 Å². The van der Waals surface area contributed by atoms with E-state index in [4.69, 9.17) is 0 Å². The van der Waals surface area contributed by atoms with Crippen LogP contribution in [0.1, 0.15) is 25.5 Å². The van der Waals surface area contributed by atoms with Gasteiger partial charge in [-0.3, -0.25) is 0 Å². The monoisotopic (exact) mass is 196 g/mol. The average molecular weight is 196 g/mol. The number of hydrogen-bond acceptors (Lipinski definition) is 3. The molecule has 0 bridgehead atoms. The first-order valence-electron chi connectivity index (χ1n) is 4.95. The summed E-state index contributed by atoms with van der Waals surface area (Å²) in [6, 6.07) is 0.786. The quantitative estimate of drug-likeness (QED) is 0.797. The molecule has 0 aromatic carbocycles. The van der Waals surface area contributed by atoms with E-state index in [2.05, 4.69) is 22.6 Å². The molecule has 1 saturated carbocycles. The molecule has 0 saturated heterocycles. The summed E-state index contributed by atoms with van der Waals surface area (Å²) in [4.78, 5) is 4.25. The number of nitrogens with zero attached hydrogens (tertiary/aromatic N) is 1. The maximum Gasteiger partial charge on any atom is 0.0794 e. The summed E-state index contributed by atoms with van der Waals surface area (Å²) in [6.45, 7) is 3.40. The van der Waals surface area contributed by atoms with Crippen molar-refractivity contribution in [3.05, 3.63) is 16.6 Å². The second-order valence-corrected chi connectivity index (χ2v) is 4.68. The highest BCUT2D eigenvalue weighted by atomic mass is 32.1. The average Bonchev–Trinajstić information content (AvgIpc) is 2.53. The van der Waals surface area contributed by atoms with Gasteiger partial charge in [-0.2, -0.15) is 0 Å². The van der Waals surface area contributed by atoms with Gasteiger partial charge in [0.1, 0.15) is 0 Å². The topological polar surface area (TPSA) is 24.9 Å². The maximum absolute atomic E-state index is 4.25. The summed E-state index contributed by atoms with van der Waals surface area (Å²) in [5.74, 6) is 0.941. The number of hydrogen-bond donors (Lipinski definition) is 1. The second kappa shape index (κ2) is 4.20. The Morgan fingerprint density at radius 3 is 3.08 bits per heavy atom. The van der Waals surface area contributed by atoms with Crippen LogP contribution in [-0.4, -0.2) is 17.6 Å². The molecule has 1 aliphatic rings. The molecule has 1 aromatic rings. The lowest BCUT2D eigenvalue weighted by atomic mass is 9.82. The molecule has 1 aliphatic carbocycles. The van der Waals surface area contributed by atoms with Crippen LogP contribution in [-0.2, 0) is 6.42 Å². The Labute approximate surface area is 83.4 Å². The van der Waals surface area contributed by atoms with Crippen LogP contribution in [0, 0.1) is 5.92 Å². The Kier molecular flexibility index (Phi) is 2.96. The Morgan fingerprint density at radius 1 is 1.62 bits per heavy atom. The zero-order valence-electron chi connectivity index (χ0n) is 7.99. The predicted octanol–water partition coefficient (Wildman–Crippen LogP) is 2.07. The second-order valence-electron chi connectivity index (χ2n) is 3.96. The SMILES string of the molecule is CC1CC(NCCc2cscn2)C1. The van der Waals surface area contributed by atoms with Gasteiger partial charge in [0.2, 0.25) is 0 Å². The lowest BCUT2D eigenvalue weighted by Crippen LogP contribution is -2.40. The van der Waals surface area contributed by atoms with Crippen molar-refractivity contribution in [2.75, 3.05) is 6.54 Å². The molecule has 0 radical (unpaired) electrons. The van der Waals surface area contributed by atoms with E-state index >= 15 is 0 Å². The van der Waals surface area contributed by atoms with Crippen molar-refractivity contribution in [3.8, 4) is 0 Å². The summed E-state index contributed by atoms with van der Waals surface area (Å²) >= 11 is 1.68. The highest BCUT2D eigenvalue weighted by Crippen LogP contribution is 2.25. The Balaban J connectivity index is 1.59. The number of rotatable bonds is 4. The highest BCUT2D eigenvalue weighted by molar-refractivity contribution is 7.07. The molecule has 1 fully saturated rings. The summed E-state index contributed by atoms with van der Waals surface area (Å²) in [7, 11) is 0. The molecule has 0 unspecified atom stereocenters. The minimum absolute atomic E-state index is 0.786. The summed E-state index contributed by atoms with van der Waals surface area (Å²) in [5, 5.41) is 5.68. The maximum atomic E-state index is 4.25. The van der Waals surface area contributed by atoms with Gasteiger partial charge in [-0.05, 0) is 18.8 Å². The zero-order valence-corrected chi connectivity index (χ0v) is 8.81. The number of thiazole rings is 1. The van der Waals surface area contributed by atoms with Crippen molar-refractivity contribution < 1.29 is 0 Å². The predicted molar refractivity (Wildman–Crippen MR) is 56.0 cm³/mol. The van der Waals surface area contributed by atoms with Crippen molar-refractivity contribution in [1.82, 2.24) is 10.3 Å². The normalized spacial score (nSPS) is 27.2. The van der Waals surface area contributed by atoms with E-state index in [0.717, 1.165) is 24.9 Å². The molecular formula is C10H16N2S. The van der Waals surface area contributed by atoms with E-state index in [0.29, 0.717) is 0 Å². The van der Waals surface area contributed by atoms with Gasteiger partial charge in [-0.1, -0.05) is 6.92 Å². The molecule has 13 heavy (non-hydrogen) atoms. The molecule has 0 aliphatic heterocycles. The van der Waals surface area contributed by atoms with Crippen molar-refractivity contribution >= 4 is 11.3 Å². The van der Waals surface area contributed by atoms with Gasteiger partial charge in [0, 0.05) is 24.4 Å². The number of nitrogens with one attached hydrogen (secondary N) is 1. The van der Waals surface area contributed by atoms with Crippen LogP contribution < -0.4 is 5.32 Å². The van der Waals surface area contributed by atoms with Gasteiger partial charge in [0.05, 0.1) is 11.2 Å². The van der Waals surface area contributed by atoms with Crippen LogP contribution >= 0.6 is 11.3 Å². The third kappa shape index (κ3) is 2.51.